The lowest BCUT2D eigenvalue weighted by atomic mass is 9.59. The second-order valence-electron chi connectivity index (χ2n) is 18.5. The van der Waals surface area contributed by atoms with Crippen LogP contribution in [0.2, 0.25) is 0 Å². The van der Waals surface area contributed by atoms with Gasteiger partial charge in [0.1, 0.15) is 0 Å². The van der Waals surface area contributed by atoms with Crippen molar-refractivity contribution in [2.75, 3.05) is 26.4 Å². The molecule has 0 bridgehead atoms. The molecule has 2 aliphatic carbocycles. The van der Waals surface area contributed by atoms with E-state index < -0.39 is 7.60 Å². The van der Waals surface area contributed by atoms with Gasteiger partial charge in [-0.25, -0.2) is 0 Å². The summed E-state index contributed by atoms with van der Waals surface area (Å²) >= 11 is 0. The molecule has 1 saturated heterocycles. The van der Waals surface area contributed by atoms with Gasteiger partial charge in [0, 0.05) is 26.1 Å². The molecule has 0 amide bonds. The first-order valence-electron chi connectivity index (χ1n) is 24.9. The molecule has 6 nitrogen and oxygen atoms in total. The molecule has 3 rings (SSSR count). The van der Waals surface area contributed by atoms with Crippen LogP contribution in [0, 0.1) is 11.3 Å². The van der Waals surface area contributed by atoms with E-state index >= 15 is 0 Å². The van der Waals surface area contributed by atoms with Crippen LogP contribution in [0.15, 0.2) is 48.6 Å². The van der Waals surface area contributed by atoms with Gasteiger partial charge in [-0.3, -0.25) is 4.57 Å². The van der Waals surface area contributed by atoms with Gasteiger partial charge in [-0.15, -0.1) is 0 Å². The van der Waals surface area contributed by atoms with Crippen LogP contribution < -0.4 is 5.73 Å². The summed E-state index contributed by atoms with van der Waals surface area (Å²) in [5, 5.41) is 0. The second-order valence-corrected chi connectivity index (χ2v) is 20.5. The van der Waals surface area contributed by atoms with Crippen LogP contribution >= 0.6 is 7.60 Å². The zero-order chi connectivity index (χ0) is 41.5. The van der Waals surface area contributed by atoms with Crippen molar-refractivity contribution in [3.8, 4) is 0 Å². The third-order valence-electron chi connectivity index (χ3n) is 12.9. The zero-order valence-electron chi connectivity index (χ0n) is 38.2. The van der Waals surface area contributed by atoms with E-state index in [0.29, 0.717) is 24.5 Å². The Morgan fingerprint density at radius 2 is 0.983 bits per heavy atom. The van der Waals surface area contributed by atoms with E-state index in [4.69, 9.17) is 24.3 Å². The lowest BCUT2D eigenvalue weighted by Crippen LogP contribution is -2.53. The number of rotatable bonds is 38. The molecule has 2 N–H and O–H groups in total. The van der Waals surface area contributed by atoms with E-state index in [1.54, 1.807) is 0 Å². The summed E-state index contributed by atoms with van der Waals surface area (Å²) in [4.78, 5) is 0. The first kappa shape index (κ1) is 51.3. The van der Waals surface area contributed by atoms with Gasteiger partial charge in [0.25, 0.3) is 0 Å². The van der Waals surface area contributed by atoms with Gasteiger partial charge in [0.2, 0.25) is 0 Å². The predicted molar refractivity (Wildman–Crippen MR) is 249 cm³/mol. The smallest absolute Gasteiger partial charge is 0.327 e. The minimum absolute atomic E-state index is 0.234. The topological polar surface area (TPSA) is 80.0 Å². The van der Waals surface area contributed by atoms with Crippen LogP contribution in [0.1, 0.15) is 219 Å². The molecule has 7 heteroatoms. The van der Waals surface area contributed by atoms with Crippen LogP contribution in [0.25, 0.3) is 0 Å². The summed E-state index contributed by atoms with van der Waals surface area (Å²) in [6.07, 6.45) is 59.7. The summed E-state index contributed by atoms with van der Waals surface area (Å²) in [5.41, 5.74) is 5.88. The van der Waals surface area contributed by atoms with Gasteiger partial charge in [-0.1, -0.05) is 152 Å². The van der Waals surface area contributed by atoms with Crippen LogP contribution in [-0.2, 0) is 23.1 Å². The van der Waals surface area contributed by atoms with Gasteiger partial charge in [-0.05, 0) is 114 Å². The highest BCUT2D eigenvalue weighted by Crippen LogP contribution is 2.61. The normalized spacial score (nSPS) is 22.3. The number of allylic oxidation sites excluding steroid dienone is 8. The Balaban J connectivity index is 1.31. The molecule has 0 radical (unpaired) electrons. The average Bonchev–Trinajstić information content (AvgIpc) is 3.74. The SMILES string of the molecule is CCCCC/C=C\C/C=C\CCCCCCCCC1(CCCCCCCC/C=C\C/C=C\CCCCC)CC2(C1)O[C@H]1CC(CCCOP(C)(=O)OCCN)C[C@H]1O2. The number of fused-ring (bicyclic) bond motifs is 1. The van der Waals surface area contributed by atoms with E-state index in [-0.39, 0.29) is 24.6 Å². The zero-order valence-corrected chi connectivity index (χ0v) is 39.1. The molecule has 3 fully saturated rings. The molecule has 0 aromatic rings. The van der Waals surface area contributed by atoms with Crippen molar-refractivity contribution in [3.63, 3.8) is 0 Å². The van der Waals surface area contributed by atoms with Crippen molar-refractivity contribution < 1.29 is 23.1 Å². The van der Waals surface area contributed by atoms with Crippen molar-refractivity contribution in [3.05, 3.63) is 48.6 Å². The number of hydrogen-bond acceptors (Lipinski definition) is 6. The molecule has 0 aromatic heterocycles. The first-order chi connectivity index (χ1) is 28.3. The van der Waals surface area contributed by atoms with Crippen LogP contribution in [-0.4, -0.2) is 44.4 Å². The van der Waals surface area contributed by atoms with Gasteiger partial charge >= 0.3 is 7.60 Å². The fraction of sp³-hybridized carbons (Fsp3) is 0.843. The Labute approximate surface area is 358 Å². The Morgan fingerprint density at radius 3 is 1.43 bits per heavy atom. The molecule has 4 atom stereocenters. The molecule has 2 unspecified atom stereocenters. The van der Waals surface area contributed by atoms with Gasteiger partial charge in [-0.2, -0.15) is 0 Å². The van der Waals surface area contributed by atoms with Gasteiger partial charge in [0.15, 0.2) is 5.79 Å². The summed E-state index contributed by atoms with van der Waals surface area (Å²) < 4.78 is 36.8. The molecule has 1 heterocycles. The van der Waals surface area contributed by atoms with Gasteiger partial charge in [0.05, 0.1) is 25.4 Å². The molecular formula is C51H92NO5P. The van der Waals surface area contributed by atoms with E-state index in [0.717, 1.165) is 51.4 Å². The number of hydrogen-bond donors (Lipinski definition) is 1. The second kappa shape index (κ2) is 31.8. The lowest BCUT2D eigenvalue weighted by molar-refractivity contribution is -0.281. The highest BCUT2D eigenvalue weighted by Gasteiger charge is 2.62. The Kier molecular flexibility index (Phi) is 28.1. The van der Waals surface area contributed by atoms with Crippen LogP contribution in [0.5, 0.6) is 0 Å². The van der Waals surface area contributed by atoms with E-state index in [1.165, 1.54) is 161 Å². The van der Waals surface area contributed by atoms with Gasteiger partial charge < -0.3 is 24.3 Å². The maximum atomic E-state index is 12.4. The van der Waals surface area contributed by atoms with Crippen molar-refractivity contribution in [2.45, 2.75) is 237 Å². The highest BCUT2D eigenvalue weighted by atomic mass is 31.2. The monoisotopic (exact) mass is 830 g/mol. The quantitative estimate of drug-likeness (QED) is 0.0379. The molecule has 0 aromatic carbocycles. The molecule has 1 spiro atoms. The third kappa shape index (κ3) is 22.7. The lowest BCUT2D eigenvalue weighted by Gasteiger charge is -2.54. The number of ether oxygens (including phenoxy) is 2. The van der Waals surface area contributed by atoms with Crippen molar-refractivity contribution >= 4 is 7.60 Å². The maximum Gasteiger partial charge on any atom is 0.327 e. The minimum Gasteiger partial charge on any atom is -0.344 e. The predicted octanol–water partition coefficient (Wildman–Crippen LogP) is 15.7. The molecule has 336 valence electrons. The number of nitrogens with two attached hydrogens (primary N) is 1. The van der Waals surface area contributed by atoms with Crippen molar-refractivity contribution in [1.29, 1.82) is 0 Å². The van der Waals surface area contributed by atoms with E-state index in [9.17, 15) is 4.57 Å². The van der Waals surface area contributed by atoms with E-state index in [1.807, 2.05) is 0 Å². The standard InChI is InChI=1S/C51H92NO5P/c1-4-6-8-10-12-14-16-18-20-22-24-26-28-30-32-34-38-50(39-35-33-31-29-27-25-23-21-19-17-15-13-11-9-7-5-2)45-51(46-50)56-48-43-47(44-49(48)57-51)37-36-41-54-58(3,53)55-42-40-52/h12-15,18-21,47-49H,4-11,16-17,22-46,52H2,1-3H3/b14-12-,15-13-,20-18-,21-19-/t47?,48-,49+,58?. The first-order valence-corrected chi connectivity index (χ1v) is 26.9. The third-order valence-corrected chi connectivity index (χ3v) is 14.2. The summed E-state index contributed by atoms with van der Waals surface area (Å²) in [5.74, 6) is 0.258. The molecule has 2 saturated carbocycles. The Morgan fingerprint density at radius 1 is 0.569 bits per heavy atom. The Hall–Kier alpha value is -1.01. The number of unbranched alkanes of at least 4 members (excludes halogenated alkanes) is 18. The van der Waals surface area contributed by atoms with E-state index in [2.05, 4.69) is 62.5 Å². The Bertz CT molecular complexity index is 1110. The average molecular weight is 830 g/mol. The maximum absolute atomic E-state index is 12.4. The largest absolute Gasteiger partial charge is 0.344 e. The van der Waals surface area contributed by atoms with Crippen LogP contribution in [0.4, 0.5) is 0 Å². The fourth-order valence-electron chi connectivity index (χ4n) is 9.69. The molecule has 1 aliphatic heterocycles. The van der Waals surface area contributed by atoms with Crippen LogP contribution in [0.3, 0.4) is 0 Å². The molecule has 3 aliphatic rings. The summed E-state index contributed by atoms with van der Waals surface area (Å²) in [6.45, 7) is 7.15. The summed E-state index contributed by atoms with van der Waals surface area (Å²) in [6, 6.07) is 0. The highest BCUT2D eigenvalue weighted by molar-refractivity contribution is 7.52. The van der Waals surface area contributed by atoms with Crippen molar-refractivity contribution in [1.82, 2.24) is 0 Å². The minimum atomic E-state index is -3.00. The molecule has 58 heavy (non-hydrogen) atoms. The summed E-state index contributed by atoms with van der Waals surface area (Å²) in [7, 11) is -3.00. The fourth-order valence-corrected chi connectivity index (χ4v) is 10.7. The van der Waals surface area contributed by atoms with Crippen molar-refractivity contribution in [2.24, 2.45) is 17.1 Å². The molecular weight excluding hydrogens is 738 g/mol.